The molecule has 0 bridgehead atoms. The number of amidine groups is 1. The fourth-order valence-corrected chi connectivity index (χ4v) is 3.19. The summed E-state index contributed by atoms with van der Waals surface area (Å²) in [6.07, 6.45) is 2.78. The monoisotopic (exact) mass is 328 g/mol. The molecule has 0 unspecified atom stereocenters. The van der Waals surface area contributed by atoms with E-state index in [-0.39, 0.29) is 12.6 Å². The molecule has 1 heterocycles. The molecular weight excluding hydrogens is 310 g/mol. The predicted octanol–water partition coefficient (Wildman–Crippen LogP) is 3.98. The quantitative estimate of drug-likeness (QED) is 0.608. The fraction of sp³-hybridized carbons (Fsp3) is 0.467. The van der Waals surface area contributed by atoms with Gasteiger partial charge in [-0.2, -0.15) is 4.99 Å². The van der Waals surface area contributed by atoms with Gasteiger partial charge in [0.15, 0.2) is 5.17 Å². The van der Waals surface area contributed by atoms with E-state index in [1.807, 2.05) is 4.90 Å². The van der Waals surface area contributed by atoms with Gasteiger partial charge in [-0.15, -0.1) is 0 Å². The Balaban J connectivity index is 2.27. The average molecular weight is 328 g/mol. The molecule has 0 saturated carbocycles. The molecule has 1 aliphatic heterocycles. The second-order valence-electron chi connectivity index (χ2n) is 4.85. The zero-order chi connectivity index (χ0) is 16.1. The number of aliphatic imine (C=N–C) groups is 1. The zero-order valence-corrected chi connectivity index (χ0v) is 13.3. The maximum absolute atomic E-state index is 13.4. The van der Waals surface area contributed by atoms with E-state index < -0.39 is 17.7 Å². The molecule has 0 N–H and O–H groups in total. The number of halogens is 2. The number of amides is 1. The first-order valence-electron chi connectivity index (χ1n) is 7.07. The highest BCUT2D eigenvalue weighted by atomic mass is 32.2. The van der Waals surface area contributed by atoms with E-state index in [1.54, 1.807) is 13.2 Å². The predicted molar refractivity (Wildman–Crippen MR) is 83.0 cm³/mol. The summed E-state index contributed by atoms with van der Waals surface area (Å²) in [5, 5.41) is 0.505. The zero-order valence-electron chi connectivity index (χ0n) is 12.5. The highest BCUT2D eigenvalue weighted by Gasteiger charge is 2.29. The van der Waals surface area contributed by atoms with Crippen molar-refractivity contribution in [3.05, 3.63) is 35.4 Å². The summed E-state index contributed by atoms with van der Waals surface area (Å²) in [7, 11) is 0. The van der Waals surface area contributed by atoms with Gasteiger partial charge < -0.3 is 9.64 Å². The van der Waals surface area contributed by atoms with Crippen LogP contribution in [0.25, 0.3) is 0 Å². The summed E-state index contributed by atoms with van der Waals surface area (Å²) in [5.41, 5.74) is 0.556. The smallest absolute Gasteiger partial charge is 0.436 e. The summed E-state index contributed by atoms with van der Waals surface area (Å²) in [5.74, 6) is -1.20. The lowest BCUT2D eigenvalue weighted by Crippen LogP contribution is -2.29. The Kier molecular flexibility index (Phi) is 5.76. The van der Waals surface area contributed by atoms with Crippen LogP contribution in [0.1, 0.15) is 31.4 Å². The minimum absolute atomic E-state index is 0.189. The summed E-state index contributed by atoms with van der Waals surface area (Å²) in [4.78, 5) is 17.4. The molecule has 7 heteroatoms. The molecule has 0 spiro atoms. The Morgan fingerprint density at radius 3 is 2.68 bits per heavy atom. The molecule has 0 aromatic heterocycles. The van der Waals surface area contributed by atoms with E-state index in [9.17, 15) is 13.6 Å². The van der Waals surface area contributed by atoms with Crippen molar-refractivity contribution < 1.29 is 18.3 Å². The molecule has 0 radical (unpaired) electrons. The molecule has 1 saturated heterocycles. The van der Waals surface area contributed by atoms with Crippen molar-refractivity contribution in [2.24, 2.45) is 4.99 Å². The van der Waals surface area contributed by atoms with Crippen molar-refractivity contribution in [1.82, 2.24) is 4.90 Å². The number of hydrogen-bond donors (Lipinski definition) is 0. The summed E-state index contributed by atoms with van der Waals surface area (Å²) < 4.78 is 31.7. The van der Waals surface area contributed by atoms with Crippen molar-refractivity contribution in [2.45, 2.75) is 25.8 Å². The van der Waals surface area contributed by atoms with Crippen LogP contribution in [0.15, 0.2) is 23.2 Å². The summed E-state index contributed by atoms with van der Waals surface area (Å²) >= 11 is 1.32. The van der Waals surface area contributed by atoms with Crippen LogP contribution >= 0.6 is 11.8 Å². The van der Waals surface area contributed by atoms with E-state index in [2.05, 4.69) is 4.99 Å². The van der Waals surface area contributed by atoms with Crippen LogP contribution in [0.5, 0.6) is 0 Å². The molecule has 1 atom stereocenters. The number of thioether (sulfide) groups is 1. The number of hydrogen-bond acceptors (Lipinski definition) is 3. The molecule has 1 amide bonds. The van der Waals surface area contributed by atoms with Gasteiger partial charge in [0, 0.05) is 12.6 Å². The Morgan fingerprint density at radius 1 is 1.41 bits per heavy atom. The molecular formula is C15H18F2N2O2S. The minimum Gasteiger partial charge on any atom is -0.448 e. The normalized spacial score (nSPS) is 18.6. The Labute approximate surface area is 132 Å². The lowest BCUT2D eigenvalue weighted by Gasteiger charge is -2.27. The van der Waals surface area contributed by atoms with Crippen LogP contribution < -0.4 is 0 Å². The number of rotatable bonds is 2. The maximum atomic E-state index is 13.4. The number of ether oxygens (including phenoxy) is 1. The summed E-state index contributed by atoms with van der Waals surface area (Å²) in [6, 6.07) is 3.32. The van der Waals surface area contributed by atoms with E-state index in [4.69, 9.17) is 4.74 Å². The number of nitrogens with zero attached hydrogens (tertiary/aromatic N) is 2. The third kappa shape index (κ3) is 3.97. The van der Waals surface area contributed by atoms with Crippen LogP contribution in [0.4, 0.5) is 13.6 Å². The Morgan fingerprint density at radius 2 is 2.09 bits per heavy atom. The van der Waals surface area contributed by atoms with Crippen molar-refractivity contribution in [3.8, 4) is 0 Å². The third-order valence-corrected chi connectivity index (χ3v) is 4.10. The van der Waals surface area contributed by atoms with Gasteiger partial charge in [-0.25, -0.2) is 13.6 Å². The molecule has 2 rings (SSSR count). The number of benzene rings is 1. The molecule has 22 heavy (non-hydrogen) atoms. The van der Waals surface area contributed by atoms with Gasteiger partial charge in [0.25, 0.3) is 0 Å². The first-order valence-corrected chi connectivity index (χ1v) is 8.29. The van der Waals surface area contributed by atoms with Gasteiger partial charge in [-0.1, -0.05) is 11.8 Å². The van der Waals surface area contributed by atoms with Crippen LogP contribution in [0, 0.1) is 11.6 Å². The average Bonchev–Trinajstić information content (AvgIpc) is 2.93. The van der Waals surface area contributed by atoms with Crippen molar-refractivity contribution >= 4 is 23.0 Å². The van der Waals surface area contributed by atoms with Crippen molar-refractivity contribution in [1.29, 1.82) is 0 Å². The molecule has 1 aromatic carbocycles. The summed E-state index contributed by atoms with van der Waals surface area (Å²) in [6.45, 7) is 2.64. The van der Waals surface area contributed by atoms with Gasteiger partial charge >= 0.3 is 6.09 Å². The third-order valence-electron chi connectivity index (χ3n) is 3.41. The second kappa shape index (κ2) is 7.58. The van der Waals surface area contributed by atoms with Gasteiger partial charge in [-0.3, -0.25) is 0 Å². The van der Waals surface area contributed by atoms with Gasteiger partial charge in [0.1, 0.15) is 11.6 Å². The number of carbonyl (C=O) groups is 1. The maximum Gasteiger partial charge on any atom is 0.436 e. The Bertz CT molecular complexity index is 560. The van der Waals surface area contributed by atoms with E-state index in [0.717, 1.165) is 18.9 Å². The van der Waals surface area contributed by atoms with E-state index >= 15 is 0 Å². The van der Waals surface area contributed by atoms with Crippen molar-refractivity contribution in [2.75, 3.05) is 19.4 Å². The first-order chi connectivity index (χ1) is 10.5. The topological polar surface area (TPSA) is 41.9 Å². The van der Waals surface area contributed by atoms with E-state index in [1.165, 1.54) is 23.9 Å². The highest BCUT2D eigenvalue weighted by Crippen LogP contribution is 2.34. The molecule has 4 nitrogen and oxygen atoms in total. The SMILES string of the molecule is CCOC(=O)/N=C(\SC)N1CCC[C@@H]1c1cc(F)cc(F)c1. The standard InChI is InChI=1S/C15H18F2N2O2S/c1-3-21-15(20)18-14(22-2)19-6-4-5-13(19)10-7-11(16)9-12(17)8-10/h7-9,13H,3-6H2,1-2H3/b18-14-/t13-/m1/s1. The Hall–Kier alpha value is -1.63. The lowest BCUT2D eigenvalue weighted by molar-refractivity contribution is 0.163. The lowest BCUT2D eigenvalue weighted by atomic mass is 10.0. The van der Waals surface area contributed by atoms with E-state index in [0.29, 0.717) is 17.3 Å². The van der Waals surface area contributed by atoms with Gasteiger partial charge in [-0.05, 0) is 43.7 Å². The minimum atomic E-state index is -0.650. The van der Waals surface area contributed by atoms with Gasteiger partial charge in [0.05, 0.1) is 12.6 Å². The van der Waals surface area contributed by atoms with Crippen LogP contribution in [0.3, 0.4) is 0 Å². The van der Waals surface area contributed by atoms with Crippen molar-refractivity contribution in [3.63, 3.8) is 0 Å². The molecule has 1 aromatic rings. The number of likely N-dealkylation sites (tertiary alicyclic amines) is 1. The van der Waals surface area contributed by atoms with Crippen LogP contribution in [-0.4, -0.2) is 35.6 Å². The fourth-order valence-electron chi connectivity index (χ4n) is 2.57. The molecule has 1 fully saturated rings. The second-order valence-corrected chi connectivity index (χ2v) is 5.63. The van der Waals surface area contributed by atoms with Gasteiger partial charge in [0.2, 0.25) is 0 Å². The molecule has 120 valence electrons. The molecule has 0 aliphatic carbocycles. The van der Waals surface area contributed by atoms with Crippen LogP contribution in [0.2, 0.25) is 0 Å². The molecule has 1 aliphatic rings. The number of carbonyl (C=O) groups excluding carboxylic acids is 1. The first kappa shape index (κ1) is 16.7. The largest absolute Gasteiger partial charge is 0.448 e. The van der Waals surface area contributed by atoms with Crippen LogP contribution in [-0.2, 0) is 4.74 Å². The highest BCUT2D eigenvalue weighted by molar-refractivity contribution is 8.13.